The molecule has 1 aromatic heterocycles. The normalized spacial score (nSPS) is 21.6. The molecule has 1 fully saturated rings. The van der Waals surface area contributed by atoms with Crippen LogP contribution in [0.1, 0.15) is 25.1 Å². The number of nitrogens with zero attached hydrogens (tertiary/aromatic N) is 2. The maximum absolute atomic E-state index is 11.7. The highest BCUT2D eigenvalue weighted by Crippen LogP contribution is 2.31. The second-order valence-corrected chi connectivity index (χ2v) is 5.15. The van der Waals surface area contributed by atoms with E-state index in [1.54, 1.807) is 6.20 Å². The lowest BCUT2D eigenvalue weighted by atomic mass is 9.96. The minimum absolute atomic E-state index is 0.0337. The lowest BCUT2D eigenvalue weighted by Gasteiger charge is -2.16. The number of hydrogen-bond donors (Lipinski definition) is 3. The van der Waals surface area contributed by atoms with Gasteiger partial charge in [0.1, 0.15) is 5.82 Å². The predicted octanol–water partition coefficient (Wildman–Crippen LogP) is 0.720. The third-order valence-electron chi connectivity index (χ3n) is 3.83. The van der Waals surface area contributed by atoms with Gasteiger partial charge < -0.3 is 20.3 Å². The number of carbonyl (C=O) groups excluding carboxylic acids is 1. The lowest BCUT2D eigenvalue weighted by Crippen LogP contribution is -2.39. The summed E-state index contributed by atoms with van der Waals surface area (Å²) in [7, 11) is 1.86. The van der Waals surface area contributed by atoms with Gasteiger partial charge in [-0.2, -0.15) is 0 Å². The molecule has 1 aliphatic carbocycles. The van der Waals surface area contributed by atoms with Crippen LogP contribution in [0.15, 0.2) is 12.4 Å². The fourth-order valence-electron chi connectivity index (χ4n) is 2.62. The van der Waals surface area contributed by atoms with Crippen molar-refractivity contribution in [1.82, 2.24) is 20.2 Å². The van der Waals surface area contributed by atoms with Crippen LogP contribution in [0.2, 0.25) is 0 Å². The van der Waals surface area contributed by atoms with Crippen LogP contribution < -0.4 is 10.6 Å². The summed E-state index contributed by atoms with van der Waals surface area (Å²) in [5.74, 6) is -0.289. The van der Waals surface area contributed by atoms with Crippen molar-refractivity contribution in [3.8, 4) is 0 Å². The third-order valence-corrected chi connectivity index (χ3v) is 3.83. The van der Waals surface area contributed by atoms with Crippen molar-refractivity contribution in [2.45, 2.75) is 25.8 Å². The summed E-state index contributed by atoms with van der Waals surface area (Å²) in [6.45, 7) is 0.756. The number of urea groups is 1. The molecule has 0 radical (unpaired) electrons. The van der Waals surface area contributed by atoms with E-state index in [-0.39, 0.29) is 17.9 Å². The Kier molecular flexibility index (Phi) is 4.60. The Morgan fingerprint density at radius 1 is 1.45 bits per heavy atom. The smallest absolute Gasteiger partial charge is 0.315 e. The number of aliphatic carboxylic acids is 1. The van der Waals surface area contributed by atoms with Crippen LogP contribution in [0.25, 0.3) is 0 Å². The van der Waals surface area contributed by atoms with Crippen LogP contribution in [0, 0.1) is 11.8 Å². The largest absolute Gasteiger partial charge is 0.481 e. The second kappa shape index (κ2) is 6.40. The molecule has 0 saturated heterocycles. The first-order chi connectivity index (χ1) is 9.58. The Bertz CT molecular complexity index is 486. The topological polar surface area (TPSA) is 96.3 Å². The Balaban J connectivity index is 1.72. The van der Waals surface area contributed by atoms with E-state index in [0.29, 0.717) is 19.5 Å². The highest BCUT2D eigenvalue weighted by molar-refractivity contribution is 5.74. The van der Waals surface area contributed by atoms with E-state index < -0.39 is 5.97 Å². The van der Waals surface area contributed by atoms with Crippen molar-refractivity contribution in [1.29, 1.82) is 0 Å². The van der Waals surface area contributed by atoms with Gasteiger partial charge in [-0.05, 0) is 18.8 Å². The van der Waals surface area contributed by atoms with Crippen LogP contribution in [0.5, 0.6) is 0 Å². The van der Waals surface area contributed by atoms with Gasteiger partial charge in [-0.3, -0.25) is 4.79 Å². The summed E-state index contributed by atoms with van der Waals surface area (Å²) in [5, 5.41) is 14.5. The standard InChI is InChI=1S/C13H20N4O3/c1-17-6-5-14-11(17)8-16-13(20)15-7-9-3-2-4-10(9)12(18)19/h5-6,9-10H,2-4,7-8H2,1H3,(H,18,19)(H2,15,16,20). The van der Waals surface area contributed by atoms with Gasteiger partial charge in [0.15, 0.2) is 0 Å². The number of rotatable bonds is 5. The number of carbonyl (C=O) groups is 2. The molecule has 1 aliphatic rings. The average molecular weight is 280 g/mol. The molecule has 3 N–H and O–H groups in total. The zero-order valence-electron chi connectivity index (χ0n) is 11.5. The number of amides is 2. The number of aromatic nitrogens is 2. The first-order valence-corrected chi connectivity index (χ1v) is 6.78. The molecular formula is C13H20N4O3. The van der Waals surface area contributed by atoms with Gasteiger partial charge >= 0.3 is 12.0 Å². The minimum atomic E-state index is -0.761. The number of carboxylic acids is 1. The van der Waals surface area contributed by atoms with E-state index in [9.17, 15) is 9.59 Å². The van der Waals surface area contributed by atoms with E-state index in [1.807, 2.05) is 17.8 Å². The first-order valence-electron chi connectivity index (χ1n) is 6.78. The molecule has 0 spiro atoms. The molecule has 2 amide bonds. The summed E-state index contributed by atoms with van der Waals surface area (Å²) < 4.78 is 1.83. The van der Waals surface area contributed by atoms with Crippen LogP contribution in [-0.4, -0.2) is 33.2 Å². The number of imidazole rings is 1. The summed E-state index contributed by atoms with van der Waals surface area (Å²) >= 11 is 0. The Hall–Kier alpha value is -2.05. The van der Waals surface area contributed by atoms with E-state index in [1.165, 1.54) is 0 Å². The first kappa shape index (κ1) is 14.4. The van der Waals surface area contributed by atoms with Crippen molar-refractivity contribution in [3.05, 3.63) is 18.2 Å². The summed E-state index contributed by atoms with van der Waals surface area (Å²) in [5.41, 5.74) is 0. The molecule has 0 aliphatic heterocycles. The van der Waals surface area contributed by atoms with E-state index in [4.69, 9.17) is 5.11 Å². The fraction of sp³-hybridized carbons (Fsp3) is 0.615. The quantitative estimate of drug-likeness (QED) is 0.740. The zero-order valence-corrected chi connectivity index (χ0v) is 11.5. The van der Waals surface area contributed by atoms with Crippen LogP contribution >= 0.6 is 0 Å². The molecule has 7 heteroatoms. The highest BCUT2D eigenvalue weighted by Gasteiger charge is 2.32. The molecule has 0 bridgehead atoms. The van der Waals surface area contributed by atoms with Crippen molar-refractivity contribution in [3.63, 3.8) is 0 Å². The molecule has 110 valence electrons. The predicted molar refractivity (Wildman–Crippen MR) is 71.9 cm³/mol. The van der Waals surface area contributed by atoms with Gasteiger partial charge in [0.25, 0.3) is 0 Å². The number of nitrogens with one attached hydrogen (secondary N) is 2. The molecule has 1 aromatic rings. The Labute approximate surface area is 117 Å². The van der Waals surface area contributed by atoms with Crippen molar-refractivity contribution < 1.29 is 14.7 Å². The average Bonchev–Trinajstić information content (AvgIpc) is 3.02. The summed E-state index contributed by atoms with van der Waals surface area (Å²) in [6, 6.07) is -0.288. The number of carboxylic acid groups (broad SMARTS) is 1. The highest BCUT2D eigenvalue weighted by atomic mass is 16.4. The lowest BCUT2D eigenvalue weighted by molar-refractivity contribution is -0.142. The maximum Gasteiger partial charge on any atom is 0.315 e. The number of aryl methyl sites for hydroxylation is 1. The molecule has 1 saturated carbocycles. The van der Waals surface area contributed by atoms with Gasteiger partial charge in [-0.25, -0.2) is 9.78 Å². The monoisotopic (exact) mass is 280 g/mol. The summed E-state index contributed by atoms with van der Waals surface area (Å²) in [4.78, 5) is 26.8. The fourth-order valence-corrected chi connectivity index (χ4v) is 2.62. The van der Waals surface area contributed by atoms with Gasteiger partial charge in [0.05, 0.1) is 12.5 Å². The van der Waals surface area contributed by atoms with Crippen molar-refractivity contribution in [2.75, 3.05) is 6.54 Å². The van der Waals surface area contributed by atoms with Crippen molar-refractivity contribution >= 4 is 12.0 Å². The maximum atomic E-state index is 11.7. The number of hydrogen-bond acceptors (Lipinski definition) is 3. The molecule has 2 rings (SSSR count). The zero-order chi connectivity index (χ0) is 14.5. The van der Waals surface area contributed by atoms with Crippen LogP contribution in [0.4, 0.5) is 4.79 Å². The van der Waals surface area contributed by atoms with Crippen LogP contribution in [-0.2, 0) is 18.4 Å². The molecule has 7 nitrogen and oxygen atoms in total. The van der Waals surface area contributed by atoms with Crippen LogP contribution in [0.3, 0.4) is 0 Å². The second-order valence-electron chi connectivity index (χ2n) is 5.15. The van der Waals surface area contributed by atoms with Gasteiger partial charge in [0.2, 0.25) is 0 Å². The van der Waals surface area contributed by atoms with Gasteiger partial charge in [0, 0.05) is 26.0 Å². The minimum Gasteiger partial charge on any atom is -0.481 e. The van der Waals surface area contributed by atoms with Gasteiger partial charge in [-0.15, -0.1) is 0 Å². The van der Waals surface area contributed by atoms with Gasteiger partial charge in [-0.1, -0.05) is 6.42 Å². The molecule has 20 heavy (non-hydrogen) atoms. The van der Waals surface area contributed by atoms with E-state index >= 15 is 0 Å². The molecule has 0 aromatic carbocycles. The Morgan fingerprint density at radius 3 is 2.90 bits per heavy atom. The molecule has 1 heterocycles. The van der Waals surface area contributed by atoms with E-state index in [2.05, 4.69) is 15.6 Å². The molecular weight excluding hydrogens is 260 g/mol. The SMILES string of the molecule is Cn1ccnc1CNC(=O)NCC1CCCC1C(=O)O. The summed E-state index contributed by atoms with van der Waals surface area (Å²) in [6.07, 6.45) is 5.96. The third kappa shape index (κ3) is 3.49. The molecule has 2 atom stereocenters. The van der Waals surface area contributed by atoms with Crippen molar-refractivity contribution in [2.24, 2.45) is 18.9 Å². The van der Waals surface area contributed by atoms with E-state index in [0.717, 1.165) is 18.7 Å². The Morgan fingerprint density at radius 2 is 2.25 bits per heavy atom. The molecule has 2 unspecified atom stereocenters.